The van der Waals surface area contributed by atoms with Crippen LogP contribution in [0.3, 0.4) is 0 Å². The van der Waals surface area contributed by atoms with Crippen LogP contribution in [0.1, 0.15) is 11.4 Å². The van der Waals surface area contributed by atoms with Crippen LogP contribution in [0.5, 0.6) is 0 Å². The predicted molar refractivity (Wildman–Crippen MR) is 65.0 cm³/mol. The third-order valence-corrected chi connectivity index (χ3v) is 3.10. The third kappa shape index (κ3) is 4.33. The SMILES string of the molecule is Cc1nn(C)c(CN(CCCl)CC(F)(F)F)c1Cl. The molecule has 0 saturated carbocycles. The summed E-state index contributed by atoms with van der Waals surface area (Å²) in [5.74, 6) is 0.129. The van der Waals surface area contributed by atoms with E-state index in [1.165, 1.54) is 9.58 Å². The van der Waals surface area contributed by atoms with Gasteiger partial charge in [-0.15, -0.1) is 11.6 Å². The minimum absolute atomic E-state index is 0.0718. The van der Waals surface area contributed by atoms with E-state index in [1.807, 2.05) is 0 Å². The van der Waals surface area contributed by atoms with E-state index in [9.17, 15) is 13.2 Å². The van der Waals surface area contributed by atoms with E-state index in [1.54, 1.807) is 14.0 Å². The van der Waals surface area contributed by atoms with Gasteiger partial charge in [-0.1, -0.05) is 11.6 Å². The fourth-order valence-electron chi connectivity index (χ4n) is 1.65. The second-order valence-electron chi connectivity index (χ2n) is 3.98. The van der Waals surface area contributed by atoms with Crippen molar-refractivity contribution >= 4 is 23.2 Å². The van der Waals surface area contributed by atoms with Crippen LogP contribution in [-0.2, 0) is 13.6 Å². The Kier molecular flexibility index (Phi) is 5.31. The van der Waals surface area contributed by atoms with Crippen molar-refractivity contribution in [1.82, 2.24) is 14.7 Å². The number of hydrogen-bond donors (Lipinski definition) is 0. The summed E-state index contributed by atoms with van der Waals surface area (Å²) < 4.78 is 38.7. The number of alkyl halides is 4. The van der Waals surface area contributed by atoms with Crippen molar-refractivity contribution in [2.24, 2.45) is 7.05 Å². The van der Waals surface area contributed by atoms with Gasteiger partial charge >= 0.3 is 6.18 Å². The molecule has 1 aromatic heterocycles. The lowest BCUT2D eigenvalue weighted by atomic mass is 10.3. The molecule has 0 bridgehead atoms. The molecule has 1 rings (SSSR count). The molecule has 18 heavy (non-hydrogen) atoms. The van der Waals surface area contributed by atoms with Gasteiger partial charge in [-0.25, -0.2) is 0 Å². The monoisotopic (exact) mass is 303 g/mol. The molecule has 3 nitrogen and oxygen atoms in total. The Labute approximate surface area is 113 Å². The number of aromatic nitrogens is 2. The van der Waals surface area contributed by atoms with Crippen LogP contribution < -0.4 is 0 Å². The lowest BCUT2D eigenvalue weighted by Crippen LogP contribution is -2.35. The first-order valence-electron chi connectivity index (χ1n) is 5.27. The standard InChI is InChI=1S/C10H14Cl2F3N3/c1-7-9(12)8(17(2)16-7)5-18(4-3-11)6-10(13,14)15/h3-6H2,1-2H3. The molecular formula is C10H14Cl2F3N3. The van der Waals surface area contributed by atoms with Gasteiger partial charge in [0, 0.05) is 26.0 Å². The zero-order valence-electron chi connectivity index (χ0n) is 10.1. The maximum Gasteiger partial charge on any atom is 0.401 e. The molecule has 0 atom stereocenters. The quantitative estimate of drug-likeness (QED) is 0.780. The van der Waals surface area contributed by atoms with Gasteiger partial charge in [0.25, 0.3) is 0 Å². The van der Waals surface area contributed by atoms with E-state index in [4.69, 9.17) is 23.2 Å². The van der Waals surface area contributed by atoms with E-state index >= 15 is 0 Å². The predicted octanol–water partition coefficient (Wildman–Crippen LogP) is 2.99. The Bertz CT molecular complexity index is 404. The second-order valence-corrected chi connectivity index (χ2v) is 4.74. The summed E-state index contributed by atoms with van der Waals surface area (Å²) in [7, 11) is 1.65. The van der Waals surface area contributed by atoms with E-state index in [-0.39, 0.29) is 19.0 Å². The van der Waals surface area contributed by atoms with Crippen molar-refractivity contribution in [3.05, 3.63) is 16.4 Å². The Balaban J connectivity index is 2.83. The zero-order chi connectivity index (χ0) is 13.9. The van der Waals surface area contributed by atoms with Crippen LogP contribution in [0.25, 0.3) is 0 Å². The zero-order valence-corrected chi connectivity index (χ0v) is 11.6. The van der Waals surface area contributed by atoms with Crippen molar-refractivity contribution in [2.75, 3.05) is 19.0 Å². The maximum atomic E-state index is 12.4. The highest BCUT2D eigenvalue weighted by atomic mass is 35.5. The summed E-state index contributed by atoms with van der Waals surface area (Å²) in [6, 6.07) is 0. The van der Waals surface area contributed by atoms with Gasteiger partial charge in [0.2, 0.25) is 0 Å². The van der Waals surface area contributed by atoms with Crippen molar-refractivity contribution < 1.29 is 13.2 Å². The average Bonchev–Trinajstić information content (AvgIpc) is 2.43. The van der Waals surface area contributed by atoms with Gasteiger partial charge in [-0.3, -0.25) is 9.58 Å². The van der Waals surface area contributed by atoms with Gasteiger partial charge in [0.1, 0.15) is 0 Å². The highest BCUT2D eigenvalue weighted by molar-refractivity contribution is 6.31. The molecule has 0 spiro atoms. The molecule has 0 aliphatic carbocycles. The van der Waals surface area contributed by atoms with E-state index in [2.05, 4.69) is 5.10 Å². The Morgan fingerprint density at radius 3 is 2.39 bits per heavy atom. The highest BCUT2D eigenvalue weighted by Crippen LogP contribution is 2.23. The summed E-state index contributed by atoms with van der Waals surface area (Å²) in [6.07, 6.45) is -4.26. The van der Waals surface area contributed by atoms with Crippen molar-refractivity contribution in [1.29, 1.82) is 0 Å². The molecule has 104 valence electrons. The number of hydrogen-bond acceptors (Lipinski definition) is 2. The highest BCUT2D eigenvalue weighted by Gasteiger charge is 2.31. The Morgan fingerprint density at radius 1 is 1.39 bits per heavy atom. The smallest absolute Gasteiger partial charge is 0.288 e. The topological polar surface area (TPSA) is 21.1 Å². The summed E-state index contributed by atoms with van der Waals surface area (Å²) in [5.41, 5.74) is 1.16. The van der Waals surface area contributed by atoms with Crippen LogP contribution in [0.4, 0.5) is 13.2 Å². The van der Waals surface area contributed by atoms with E-state index in [0.29, 0.717) is 16.4 Å². The van der Waals surface area contributed by atoms with Crippen LogP contribution in [0.15, 0.2) is 0 Å². The summed E-state index contributed by atoms with van der Waals surface area (Å²) >= 11 is 11.5. The first-order chi connectivity index (χ1) is 8.24. The van der Waals surface area contributed by atoms with Gasteiger partial charge in [-0.2, -0.15) is 18.3 Å². The molecule has 0 aliphatic rings. The lowest BCUT2D eigenvalue weighted by molar-refractivity contribution is -0.146. The fourth-order valence-corrected chi connectivity index (χ4v) is 2.11. The molecule has 0 amide bonds. The maximum absolute atomic E-state index is 12.4. The Hall–Kier alpha value is -0.460. The minimum Gasteiger partial charge on any atom is -0.288 e. The van der Waals surface area contributed by atoms with Crippen LogP contribution >= 0.6 is 23.2 Å². The molecule has 0 N–H and O–H groups in total. The molecule has 0 aliphatic heterocycles. The molecule has 1 aromatic rings. The average molecular weight is 304 g/mol. The minimum atomic E-state index is -4.26. The first-order valence-corrected chi connectivity index (χ1v) is 6.19. The molecule has 1 heterocycles. The molecule has 0 unspecified atom stereocenters. The second kappa shape index (κ2) is 6.12. The fraction of sp³-hybridized carbons (Fsp3) is 0.700. The molecule has 0 radical (unpaired) electrons. The van der Waals surface area contributed by atoms with E-state index in [0.717, 1.165) is 0 Å². The van der Waals surface area contributed by atoms with Crippen molar-refractivity contribution in [2.45, 2.75) is 19.6 Å². The molecule has 8 heteroatoms. The number of rotatable bonds is 5. The first kappa shape index (κ1) is 15.6. The molecular weight excluding hydrogens is 290 g/mol. The summed E-state index contributed by atoms with van der Waals surface area (Å²) in [4.78, 5) is 1.20. The van der Waals surface area contributed by atoms with Gasteiger partial charge in [0.15, 0.2) is 0 Å². The van der Waals surface area contributed by atoms with Crippen LogP contribution in [-0.4, -0.2) is 39.8 Å². The van der Waals surface area contributed by atoms with Crippen LogP contribution in [0, 0.1) is 6.92 Å². The molecule has 0 aromatic carbocycles. The summed E-state index contributed by atoms with van der Waals surface area (Å²) in [5, 5.41) is 4.47. The van der Waals surface area contributed by atoms with E-state index < -0.39 is 12.7 Å². The third-order valence-electron chi connectivity index (χ3n) is 2.44. The lowest BCUT2D eigenvalue weighted by Gasteiger charge is -2.22. The number of halogens is 5. The Morgan fingerprint density at radius 2 is 2.00 bits per heavy atom. The van der Waals surface area contributed by atoms with Gasteiger partial charge in [-0.05, 0) is 6.92 Å². The normalized spacial score (nSPS) is 12.4. The van der Waals surface area contributed by atoms with Crippen LogP contribution in [0.2, 0.25) is 5.02 Å². The number of nitrogens with zero attached hydrogens (tertiary/aromatic N) is 3. The molecule has 0 fully saturated rings. The van der Waals surface area contributed by atoms with Crippen molar-refractivity contribution in [3.63, 3.8) is 0 Å². The summed E-state index contributed by atoms with van der Waals surface area (Å²) in [6.45, 7) is 0.909. The van der Waals surface area contributed by atoms with Gasteiger partial charge < -0.3 is 0 Å². The van der Waals surface area contributed by atoms with Gasteiger partial charge in [0.05, 0.1) is 23.0 Å². The molecule has 0 saturated heterocycles. The van der Waals surface area contributed by atoms with Crippen molar-refractivity contribution in [3.8, 4) is 0 Å². The largest absolute Gasteiger partial charge is 0.401 e. The number of aryl methyl sites for hydroxylation is 2.